The first-order valence-electron chi connectivity index (χ1n) is 6.33. The SMILES string of the molecule is COC(C)(C)Cn1c(CCCl)nc2cc(F)c(Cl)cc21. The molecule has 1 aromatic heterocycles. The average molecular weight is 319 g/mol. The minimum absolute atomic E-state index is 0.0892. The van der Waals surface area contributed by atoms with Gasteiger partial charge in [-0.25, -0.2) is 9.37 Å². The molecule has 0 atom stereocenters. The summed E-state index contributed by atoms with van der Waals surface area (Å²) in [4.78, 5) is 4.45. The van der Waals surface area contributed by atoms with E-state index in [-0.39, 0.29) is 10.6 Å². The number of aryl methyl sites for hydroxylation is 1. The molecule has 0 saturated heterocycles. The van der Waals surface area contributed by atoms with Gasteiger partial charge in [-0.05, 0) is 19.9 Å². The zero-order valence-corrected chi connectivity index (χ0v) is 13.2. The molecule has 0 amide bonds. The van der Waals surface area contributed by atoms with Gasteiger partial charge in [-0.2, -0.15) is 0 Å². The molecule has 0 bridgehead atoms. The number of halogens is 3. The fourth-order valence-corrected chi connectivity index (χ4v) is 2.39. The molecule has 1 heterocycles. The number of rotatable bonds is 5. The van der Waals surface area contributed by atoms with E-state index in [0.717, 1.165) is 11.3 Å². The van der Waals surface area contributed by atoms with Crippen LogP contribution >= 0.6 is 23.2 Å². The van der Waals surface area contributed by atoms with Gasteiger partial charge >= 0.3 is 0 Å². The fraction of sp³-hybridized carbons (Fsp3) is 0.500. The normalized spacial score (nSPS) is 12.3. The highest BCUT2D eigenvalue weighted by Crippen LogP contribution is 2.26. The van der Waals surface area contributed by atoms with Gasteiger partial charge in [0.15, 0.2) is 0 Å². The largest absolute Gasteiger partial charge is 0.377 e. The highest BCUT2D eigenvalue weighted by atomic mass is 35.5. The van der Waals surface area contributed by atoms with Crippen LogP contribution in [-0.2, 0) is 17.7 Å². The number of imidazole rings is 1. The van der Waals surface area contributed by atoms with Crippen LogP contribution in [0.2, 0.25) is 5.02 Å². The number of hydrogen-bond donors (Lipinski definition) is 0. The van der Waals surface area contributed by atoms with Crippen LogP contribution in [-0.4, -0.2) is 28.1 Å². The fourth-order valence-electron chi connectivity index (χ4n) is 2.07. The number of benzene rings is 1. The maximum Gasteiger partial charge on any atom is 0.144 e. The Hall–Kier alpha value is -0.840. The summed E-state index contributed by atoms with van der Waals surface area (Å²) in [6.45, 7) is 4.55. The van der Waals surface area contributed by atoms with Gasteiger partial charge in [0.05, 0.1) is 28.2 Å². The molecule has 0 aliphatic heterocycles. The van der Waals surface area contributed by atoms with Gasteiger partial charge in [-0.15, -0.1) is 11.6 Å². The Balaban J connectivity index is 2.58. The Morgan fingerprint density at radius 3 is 2.70 bits per heavy atom. The van der Waals surface area contributed by atoms with Gasteiger partial charge in [-0.1, -0.05) is 11.6 Å². The van der Waals surface area contributed by atoms with Crippen molar-refractivity contribution in [2.45, 2.75) is 32.4 Å². The lowest BCUT2D eigenvalue weighted by molar-refractivity contribution is 0.00846. The first-order valence-corrected chi connectivity index (χ1v) is 7.24. The average Bonchev–Trinajstić information content (AvgIpc) is 2.68. The highest BCUT2D eigenvalue weighted by Gasteiger charge is 2.22. The standard InChI is InChI=1S/C14H17Cl2FN2O/c1-14(2,20-3)8-19-12-6-9(16)10(17)7-11(12)18-13(19)4-5-15/h6-7H,4-5,8H2,1-3H3. The quantitative estimate of drug-likeness (QED) is 0.778. The minimum atomic E-state index is -0.466. The van der Waals surface area contributed by atoms with Gasteiger partial charge in [-0.3, -0.25) is 0 Å². The molecule has 0 radical (unpaired) electrons. The molecule has 6 heteroatoms. The van der Waals surface area contributed by atoms with Crippen LogP contribution < -0.4 is 0 Å². The lowest BCUT2D eigenvalue weighted by atomic mass is 10.1. The van der Waals surface area contributed by atoms with Gasteiger partial charge in [0.2, 0.25) is 0 Å². The minimum Gasteiger partial charge on any atom is -0.377 e. The zero-order valence-electron chi connectivity index (χ0n) is 11.7. The van der Waals surface area contributed by atoms with E-state index in [1.54, 1.807) is 13.2 Å². The molecular weight excluding hydrogens is 302 g/mol. The van der Waals surface area contributed by atoms with E-state index in [2.05, 4.69) is 4.98 Å². The lowest BCUT2D eigenvalue weighted by Crippen LogP contribution is -2.29. The first-order chi connectivity index (χ1) is 9.38. The molecule has 0 aliphatic rings. The number of fused-ring (bicyclic) bond motifs is 1. The van der Waals surface area contributed by atoms with E-state index in [9.17, 15) is 4.39 Å². The summed E-state index contributed by atoms with van der Waals surface area (Å²) in [6, 6.07) is 2.95. The van der Waals surface area contributed by atoms with E-state index in [1.807, 2.05) is 18.4 Å². The molecule has 0 fully saturated rings. The summed E-state index contributed by atoms with van der Waals surface area (Å²) in [5.41, 5.74) is 1.01. The third-order valence-corrected chi connectivity index (χ3v) is 3.76. The van der Waals surface area contributed by atoms with E-state index >= 15 is 0 Å². The van der Waals surface area contributed by atoms with E-state index in [4.69, 9.17) is 27.9 Å². The van der Waals surface area contributed by atoms with Crippen molar-refractivity contribution in [1.29, 1.82) is 0 Å². The Kier molecular flexibility index (Phi) is 4.57. The molecular formula is C14H17Cl2FN2O. The topological polar surface area (TPSA) is 27.1 Å². The third kappa shape index (κ3) is 3.08. The summed E-state index contributed by atoms with van der Waals surface area (Å²) in [6.07, 6.45) is 0.606. The Morgan fingerprint density at radius 2 is 2.10 bits per heavy atom. The second-order valence-electron chi connectivity index (χ2n) is 5.27. The highest BCUT2D eigenvalue weighted by molar-refractivity contribution is 6.31. The van der Waals surface area contributed by atoms with Gasteiger partial charge < -0.3 is 9.30 Å². The smallest absolute Gasteiger partial charge is 0.144 e. The number of methoxy groups -OCH3 is 1. The van der Waals surface area contributed by atoms with E-state index < -0.39 is 5.82 Å². The summed E-state index contributed by atoms with van der Waals surface area (Å²) in [5, 5.41) is 0.0892. The van der Waals surface area contributed by atoms with Gasteiger partial charge in [0.1, 0.15) is 11.6 Å². The van der Waals surface area contributed by atoms with Crippen molar-refractivity contribution < 1.29 is 9.13 Å². The molecule has 3 nitrogen and oxygen atoms in total. The van der Waals surface area contributed by atoms with Crippen LogP contribution in [0.3, 0.4) is 0 Å². The molecule has 2 rings (SSSR count). The summed E-state index contributed by atoms with van der Waals surface area (Å²) in [5.74, 6) is 0.793. The Morgan fingerprint density at radius 1 is 1.40 bits per heavy atom. The number of nitrogens with zero attached hydrogens (tertiary/aromatic N) is 2. The van der Waals surface area contributed by atoms with Crippen molar-refractivity contribution in [2.24, 2.45) is 0 Å². The molecule has 0 unspecified atom stereocenters. The molecule has 20 heavy (non-hydrogen) atoms. The summed E-state index contributed by atoms with van der Waals surface area (Å²) < 4.78 is 21.0. The zero-order chi connectivity index (χ0) is 14.9. The molecule has 2 aromatic rings. The monoisotopic (exact) mass is 318 g/mol. The van der Waals surface area contributed by atoms with Crippen molar-refractivity contribution in [2.75, 3.05) is 13.0 Å². The van der Waals surface area contributed by atoms with Crippen molar-refractivity contribution in [1.82, 2.24) is 9.55 Å². The summed E-state index contributed by atoms with van der Waals surface area (Å²) >= 11 is 11.7. The van der Waals surface area contributed by atoms with Crippen LogP contribution in [0, 0.1) is 5.82 Å². The van der Waals surface area contributed by atoms with E-state index in [0.29, 0.717) is 24.4 Å². The number of ether oxygens (including phenoxy) is 1. The predicted octanol–water partition coefficient (Wildman–Crippen LogP) is 4.04. The Bertz CT molecular complexity index is 625. The Labute approximate surface area is 127 Å². The maximum atomic E-state index is 13.5. The van der Waals surface area contributed by atoms with Crippen LogP contribution in [0.15, 0.2) is 12.1 Å². The van der Waals surface area contributed by atoms with Crippen LogP contribution in [0.5, 0.6) is 0 Å². The molecule has 0 N–H and O–H groups in total. The second-order valence-corrected chi connectivity index (χ2v) is 6.06. The van der Waals surface area contributed by atoms with Gasteiger partial charge in [0, 0.05) is 25.5 Å². The molecule has 1 aromatic carbocycles. The number of alkyl halides is 1. The van der Waals surface area contributed by atoms with Crippen LogP contribution in [0.1, 0.15) is 19.7 Å². The lowest BCUT2D eigenvalue weighted by Gasteiger charge is -2.25. The predicted molar refractivity (Wildman–Crippen MR) is 80.2 cm³/mol. The van der Waals surface area contributed by atoms with Crippen LogP contribution in [0.25, 0.3) is 11.0 Å². The third-order valence-electron chi connectivity index (χ3n) is 3.28. The maximum absolute atomic E-state index is 13.5. The molecule has 0 saturated carbocycles. The van der Waals surface area contributed by atoms with Gasteiger partial charge in [0.25, 0.3) is 0 Å². The number of aromatic nitrogens is 2. The molecule has 0 aliphatic carbocycles. The molecule has 0 spiro atoms. The van der Waals surface area contributed by atoms with Crippen molar-refractivity contribution in [3.8, 4) is 0 Å². The van der Waals surface area contributed by atoms with Crippen LogP contribution in [0.4, 0.5) is 4.39 Å². The molecule has 110 valence electrons. The summed E-state index contributed by atoms with van der Waals surface area (Å²) in [7, 11) is 1.66. The van der Waals surface area contributed by atoms with Crippen molar-refractivity contribution in [3.05, 3.63) is 28.8 Å². The second kappa shape index (κ2) is 5.88. The van der Waals surface area contributed by atoms with Crippen molar-refractivity contribution >= 4 is 34.2 Å². The van der Waals surface area contributed by atoms with Crippen molar-refractivity contribution in [3.63, 3.8) is 0 Å². The number of hydrogen-bond acceptors (Lipinski definition) is 2. The first kappa shape index (κ1) is 15.5. The van der Waals surface area contributed by atoms with E-state index in [1.165, 1.54) is 6.07 Å².